The molecule has 9 nitrogen and oxygen atoms in total. The van der Waals surface area contributed by atoms with Gasteiger partial charge in [0.25, 0.3) is 5.91 Å². The van der Waals surface area contributed by atoms with Crippen LogP contribution in [0.2, 0.25) is 0 Å². The summed E-state index contributed by atoms with van der Waals surface area (Å²) in [5.41, 5.74) is 4.46. The van der Waals surface area contributed by atoms with Crippen LogP contribution in [-0.4, -0.2) is 42.8 Å². The van der Waals surface area contributed by atoms with E-state index in [0.717, 1.165) is 54.7 Å². The molecule has 1 saturated carbocycles. The molecule has 36 heavy (non-hydrogen) atoms. The van der Waals surface area contributed by atoms with Crippen molar-refractivity contribution >= 4 is 17.5 Å². The topological polar surface area (TPSA) is 118 Å². The minimum Gasteiger partial charge on any atom is -0.339 e. The van der Waals surface area contributed by atoms with Crippen LogP contribution in [0.5, 0.6) is 0 Å². The summed E-state index contributed by atoms with van der Waals surface area (Å²) in [6, 6.07) is 4.31. The van der Waals surface area contributed by atoms with E-state index < -0.39 is 6.04 Å². The highest BCUT2D eigenvalue weighted by Gasteiger charge is 2.32. The molecule has 0 aliphatic heterocycles. The molecule has 2 amide bonds. The highest BCUT2D eigenvalue weighted by atomic mass is 16.2. The first kappa shape index (κ1) is 25.1. The van der Waals surface area contributed by atoms with E-state index in [1.54, 1.807) is 35.3 Å². The van der Waals surface area contributed by atoms with Crippen LogP contribution in [0.4, 0.5) is 5.69 Å². The monoisotopic (exact) mass is 487 g/mol. The van der Waals surface area contributed by atoms with Crippen molar-refractivity contribution in [3.63, 3.8) is 0 Å². The first-order valence-electron chi connectivity index (χ1n) is 12.3. The van der Waals surface area contributed by atoms with Crippen molar-refractivity contribution in [3.05, 3.63) is 73.0 Å². The van der Waals surface area contributed by atoms with E-state index in [1.807, 2.05) is 26.0 Å². The number of aromatic nitrogens is 5. The van der Waals surface area contributed by atoms with E-state index >= 15 is 0 Å². The summed E-state index contributed by atoms with van der Waals surface area (Å²) < 4.78 is 1.55. The number of rotatable bonds is 9. The van der Waals surface area contributed by atoms with Gasteiger partial charge in [-0.05, 0) is 50.8 Å². The van der Waals surface area contributed by atoms with Crippen LogP contribution in [0.1, 0.15) is 60.0 Å². The molecular weight excluding hydrogens is 454 g/mol. The number of hydrogen-bond acceptors (Lipinski definition) is 5. The maximum Gasteiger partial charge on any atom is 0.270 e. The number of carbonyl (C=O) groups excluding carboxylic acids is 2. The van der Waals surface area contributed by atoms with Gasteiger partial charge >= 0.3 is 0 Å². The number of allylic oxidation sites excluding steroid dienone is 2. The summed E-state index contributed by atoms with van der Waals surface area (Å²) in [6.45, 7) is 11.5. The van der Waals surface area contributed by atoms with Gasteiger partial charge in [0.2, 0.25) is 5.91 Å². The zero-order chi connectivity index (χ0) is 25.7. The third kappa shape index (κ3) is 5.30. The van der Waals surface area contributed by atoms with Crippen molar-refractivity contribution in [3.8, 4) is 11.3 Å². The summed E-state index contributed by atoms with van der Waals surface area (Å²) in [5, 5.41) is 17.4. The van der Waals surface area contributed by atoms with Crippen LogP contribution < -0.4 is 10.6 Å². The Labute approximate surface area is 211 Å². The molecule has 1 aliphatic carbocycles. The molecule has 1 fully saturated rings. The fourth-order valence-electron chi connectivity index (χ4n) is 4.87. The molecule has 0 saturated heterocycles. The predicted octanol–water partition coefficient (Wildman–Crippen LogP) is 4.52. The molecule has 0 unspecified atom stereocenters. The molecule has 0 spiro atoms. The summed E-state index contributed by atoms with van der Waals surface area (Å²) in [4.78, 5) is 31.2. The zero-order valence-corrected chi connectivity index (χ0v) is 20.8. The van der Waals surface area contributed by atoms with Gasteiger partial charge in [-0.25, -0.2) is 4.68 Å². The second-order valence-electron chi connectivity index (χ2n) is 9.20. The number of aryl methyl sites for hydroxylation is 2. The summed E-state index contributed by atoms with van der Waals surface area (Å²) in [7, 11) is 0. The highest BCUT2D eigenvalue weighted by molar-refractivity contribution is 6.00. The van der Waals surface area contributed by atoms with E-state index in [9.17, 15) is 9.59 Å². The SMILES string of the molecule is C=CC(C=C)n1nccc1C(=O)N[C@H](C(=O)Nc1ccc(-c2c(C)n[nH]c2C)nc1)C1CCCCC1. The van der Waals surface area contributed by atoms with Gasteiger partial charge in [-0.2, -0.15) is 10.2 Å². The van der Waals surface area contributed by atoms with Crippen LogP contribution in [0.15, 0.2) is 55.9 Å². The van der Waals surface area contributed by atoms with E-state index in [0.29, 0.717) is 11.4 Å². The van der Waals surface area contributed by atoms with Gasteiger partial charge in [-0.3, -0.25) is 19.7 Å². The summed E-state index contributed by atoms with van der Waals surface area (Å²) >= 11 is 0. The Hall–Kier alpha value is -4.01. The number of pyridine rings is 1. The molecule has 0 radical (unpaired) electrons. The van der Waals surface area contributed by atoms with Gasteiger partial charge < -0.3 is 10.6 Å². The van der Waals surface area contributed by atoms with Gasteiger partial charge in [0.15, 0.2) is 0 Å². The molecule has 0 aromatic carbocycles. The lowest BCUT2D eigenvalue weighted by Crippen LogP contribution is -2.49. The van der Waals surface area contributed by atoms with E-state index in [2.05, 4.69) is 44.1 Å². The summed E-state index contributed by atoms with van der Waals surface area (Å²) in [5.74, 6) is -0.557. The van der Waals surface area contributed by atoms with Crippen LogP contribution in [-0.2, 0) is 4.79 Å². The van der Waals surface area contributed by atoms with Crippen LogP contribution in [0, 0.1) is 19.8 Å². The number of anilines is 1. The largest absolute Gasteiger partial charge is 0.339 e. The van der Waals surface area contributed by atoms with E-state index in [-0.39, 0.29) is 23.8 Å². The minimum atomic E-state index is -0.676. The Balaban J connectivity index is 1.53. The predicted molar refractivity (Wildman–Crippen MR) is 139 cm³/mol. The lowest BCUT2D eigenvalue weighted by atomic mass is 9.83. The molecule has 4 rings (SSSR count). The lowest BCUT2D eigenvalue weighted by Gasteiger charge is -2.30. The van der Waals surface area contributed by atoms with Crippen LogP contribution in [0.3, 0.4) is 0 Å². The number of amides is 2. The van der Waals surface area contributed by atoms with Crippen LogP contribution >= 0.6 is 0 Å². The second-order valence-corrected chi connectivity index (χ2v) is 9.20. The van der Waals surface area contributed by atoms with Crippen molar-refractivity contribution in [2.75, 3.05) is 5.32 Å². The van der Waals surface area contributed by atoms with Gasteiger partial charge in [-0.15, -0.1) is 13.2 Å². The van der Waals surface area contributed by atoms with Gasteiger partial charge in [0.05, 0.1) is 29.3 Å². The third-order valence-electron chi connectivity index (χ3n) is 6.77. The standard InChI is InChI=1S/C27H33N7O2/c1-5-21(6-2)34-23(14-15-29-34)26(35)31-25(19-10-8-7-9-11-19)27(36)30-20-12-13-22(28-16-20)24-17(3)32-33-18(24)4/h5-6,12-16,19,21,25H,1-2,7-11H2,3-4H3,(H,30,36)(H,31,35)(H,32,33)/t25-/m0/s1. The number of nitrogens with one attached hydrogen (secondary N) is 3. The van der Waals surface area contributed by atoms with E-state index in [4.69, 9.17) is 0 Å². The average Bonchev–Trinajstić information content (AvgIpc) is 3.51. The Morgan fingerprint density at radius 2 is 1.89 bits per heavy atom. The average molecular weight is 488 g/mol. The fraction of sp³-hybridized carbons (Fsp3) is 0.370. The van der Waals surface area contributed by atoms with Crippen molar-refractivity contribution < 1.29 is 9.59 Å². The Bertz CT molecular complexity index is 1210. The minimum absolute atomic E-state index is 0.0529. The van der Waals surface area contributed by atoms with Crippen molar-refractivity contribution in [1.29, 1.82) is 0 Å². The number of carbonyl (C=O) groups is 2. The maximum atomic E-state index is 13.4. The van der Waals surface area contributed by atoms with Crippen molar-refractivity contribution in [2.24, 2.45) is 5.92 Å². The number of H-pyrrole nitrogens is 1. The molecule has 3 N–H and O–H groups in total. The van der Waals surface area contributed by atoms with Gasteiger partial charge in [0, 0.05) is 17.5 Å². The number of nitrogens with zero attached hydrogens (tertiary/aromatic N) is 4. The Kier molecular flexibility index (Phi) is 7.77. The number of hydrogen-bond donors (Lipinski definition) is 3. The fourth-order valence-corrected chi connectivity index (χ4v) is 4.87. The molecule has 3 aromatic heterocycles. The highest BCUT2D eigenvalue weighted by Crippen LogP contribution is 2.28. The quantitative estimate of drug-likeness (QED) is 0.384. The first-order valence-corrected chi connectivity index (χ1v) is 12.3. The second kappa shape index (κ2) is 11.2. The van der Waals surface area contributed by atoms with Gasteiger partial charge in [-0.1, -0.05) is 31.4 Å². The third-order valence-corrected chi connectivity index (χ3v) is 6.77. The first-order chi connectivity index (χ1) is 17.4. The molecular formula is C27H33N7O2. The summed E-state index contributed by atoms with van der Waals surface area (Å²) in [6.07, 6.45) is 11.5. The van der Waals surface area contributed by atoms with Crippen molar-refractivity contribution in [1.82, 2.24) is 30.3 Å². The Morgan fingerprint density at radius 1 is 1.14 bits per heavy atom. The van der Waals surface area contributed by atoms with Crippen molar-refractivity contribution in [2.45, 2.75) is 58.0 Å². The normalized spacial score (nSPS) is 14.9. The smallest absolute Gasteiger partial charge is 0.270 e. The van der Waals surface area contributed by atoms with Gasteiger partial charge in [0.1, 0.15) is 11.7 Å². The maximum absolute atomic E-state index is 13.4. The molecule has 188 valence electrons. The Morgan fingerprint density at radius 3 is 2.50 bits per heavy atom. The molecule has 9 heteroatoms. The lowest BCUT2D eigenvalue weighted by molar-refractivity contribution is -0.119. The molecule has 3 aromatic rings. The zero-order valence-electron chi connectivity index (χ0n) is 20.8. The van der Waals surface area contributed by atoms with Crippen LogP contribution in [0.25, 0.3) is 11.3 Å². The number of aromatic amines is 1. The molecule has 3 heterocycles. The molecule has 0 bridgehead atoms. The molecule has 1 atom stereocenters. The van der Waals surface area contributed by atoms with E-state index in [1.165, 1.54) is 0 Å². The molecule has 1 aliphatic rings.